The molecule has 37 heavy (non-hydrogen) atoms. The molecule has 0 aliphatic carbocycles. The van der Waals surface area contributed by atoms with Gasteiger partial charge in [-0.25, -0.2) is 9.37 Å². The SMILES string of the molecule is CCCN(C)Cc1ccccc1-c1ccc(C2N=Cc3ncn(-c4ccc(OC)cc4)c3C2=O)c(F)c1. The Labute approximate surface area is 216 Å². The number of rotatable bonds is 8. The van der Waals surface area contributed by atoms with Gasteiger partial charge in [-0.1, -0.05) is 43.3 Å². The van der Waals surface area contributed by atoms with Crippen LogP contribution in [-0.2, 0) is 6.54 Å². The van der Waals surface area contributed by atoms with Crippen molar-refractivity contribution in [2.45, 2.75) is 25.9 Å². The first-order chi connectivity index (χ1) is 18.0. The molecule has 0 saturated carbocycles. The van der Waals surface area contributed by atoms with E-state index in [1.54, 1.807) is 30.3 Å². The largest absolute Gasteiger partial charge is 0.497 e. The van der Waals surface area contributed by atoms with Crippen LogP contribution in [0.5, 0.6) is 5.75 Å². The number of carbonyl (C=O) groups is 1. The maximum atomic E-state index is 15.5. The fraction of sp³-hybridized carbons (Fsp3) is 0.233. The summed E-state index contributed by atoms with van der Waals surface area (Å²) in [4.78, 5) is 24.5. The molecule has 4 aromatic rings. The number of aromatic nitrogens is 2. The van der Waals surface area contributed by atoms with Crippen LogP contribution in [0.1, 0.15) is 46.7 Å². The summed E-state index contributed by atoms with van der Waals surface area (Å²) in [5, 5.41) is 0. The number of Topliss-reactive ketones (excluding diaryl/α,β-unsaturated/α-hetero) is 1. The molecule has 188 valence electrons. The molecule has 1 aliphatic heterocycles. The number of imidazole rings is 1. The minimum Gasteiger partial charge on any atom is -0.497 e. The summed E-state index contributed by atoms with van der Waals surface area (Å²) in [6.07, 6.45) is 4.20. The summed E-state index contributed by atoms with van der Waals surface area (Å²) in [6, 6.07) is 19.5. The average molecular weight is 497 g/mol. The third-order valence-corrected chi connectivity index (χ3v) is 6.64. The van der Waals surface area contributed by atoms with Gasteiger partial charge in [-0.15, -0.1) is 0 Å². The van der Waals surface area contributed by atoms with Crippen LogP contribution >= 0.6 is 0 Å². The van der Waals surface area contributed by atoms with Crippen molar-refractivity contribution >= 4 is 12.0 Å². The number of ketones is 1. The quantitative estimate of drug-likeness (QED) is 0.305. The van der Waals surface area contributed by atoms with E-state index in [9.17, 15) is 4.79 Å². The van der Waals surface area contributed by atoms with Gasteiger partial charge in [0.25, 0.3) is 0 Å². The highest BCUT2D eigenvalue weighted by Gasteiger charge is 2.32. The third kappa shape index (κ3) is 4.82. The van der Waals surface area contributed by atoms with Gasteiger partial charge < -0.3 is 9.64 Å². The summed E-state index contributed by atoms with van der Waals surface area (Å²) in [5.41, 5.74) is 4.76. The van der Waals surface area contributed by atoms with Gasteiger partial charge in [0.05, 0.1) is 13.3 Å². The summed E-state index contributed by atoms with van der Waals surface area (Å²) in [5.74, 6) is -0.0352. The second-order valence-corrected chi connectivity index (χ2v) is 9.22. The van der Waals surface area contributed by atoms with Crippen LogP contribution in [0.2, 0.25) is 0 Å². The molecular weight excluding hydrogens is 467 g/mol. The highest BCUT2D eigenvalue weighted by atomic mass is 19.1. The van der Waals surface area contributed by atoms with E-state index < -0.39 is 11.9 Å². The zero-order chi connectivity index (χ0) is 25.9. The number of benzene rings is 3. The molecule has 1 aliphatic rings. The van der Waals surface area contributed by atoms with Crippen molar-refractivity contribution in [3.05, 3.63) is 101 Å². The number of ether oxygens (including phenoxy) is 1. The van der Waals surface area contributed by atoms with Crippen molar-refractivity contribution in [1.82, 2.24) is 14.5 Å². The van der Waals surface area contributed by atoms with Crippen LogP contribution in [0.25, 0.3) is 16.8 Å². The fourth-order valence-electron chi connectivity index (χ4n) is 4.81. The first-order valence-electron chi connectivity index (χ1n) is 12.4. The Morgan fingerprint density at radius 3 is 2.59 bits per heavy atom. The van der Waals surface area contributed by atoms with Crippen molar-refractivity contribution < 1.29 is 13.9 Å². The van der Waals surface area contributed by atoms with Crippen LogP contribution < -0.4 is 4.74 Å². The Morgan fingerprint density at radius 2 is 1.86 bits per heavy atom. The molecule has 0 bridgehead atoms. The molecule has 3 aromatic carbocycles. The van der Waals surface area contributed by atoms with Crippen LogP contribution in [0.4, 0.5) is 4.39 Å². The predicted molar refractivity (Wildman–Crippen MR) is 143 cm³/mol. The summed E-state index contributed by atoms with van der Waals surface area (Å²) >= 11 is 0. The zero-order valence-electron chi connectivity index (χ0n) is 21.2. The molecule has 2 heterocycles. The molecule has 1 atom stereocenters. The fourth-order valence-corrected chi connectivity index (χ4v) is 4.81. The molecule has 0 saturated heterocycles. The lowest BCUT2D eigenvalue weighted by molar-refractivity contribution is 0.0952. The molecule has 0 amide bonds. The molecule has 5 rings (SSSR count). The van der Waals surface area contributed by atoms with E-state index >= 15 is 4.39 Å². The van der Waals surface area contributed by atoms with E-state index in [-0.39, 0.29) is 11.3 Å². The van der Waals surface area contributed by atoms with Gasteiger partial charge in [0.2, 0.25) is 5.78 Å². The summed E-state index contributed by atoms with van der Waals surface area (Å²) < 4.78 is 22.5. The van der Waals surface area contributed by atoms with Crippen molar-refractivity contribution in [3.8, 4) is 22.6 Å². The predicted octanol–water partition coefficient (Wildman–Crippen LogP) is 5.89. The molecular formula is C30H29FN4O2. The molecule has 0 N–H and O–H groups in total. The topological polar surface area (TPSA) is 59.7 Å². The minimum absolute atomic E-state index is 0.249. The van der Waals surface area contributed by atoms with Crippen molar-refractivity contribution in [1.29, 1.82) is 0 Å². The van der Waals surface area contributed by atoms with Crippen molar-refractivity contribution in [2.24, 2.45) is 4.99 Å². The summed E-state index contributed by atoms with van der Waals surface area (Å²) in [6.45, 7) is 3.91. The molecule has 7 heteroatoms. The highest BCUT2D eigenvalue weighted by molar-refractivity contribution is 6.08. The molecule has 0 spiro atoms. The molecule has 1 aromatic heterocycles. The zero-order valence-corrected chi connectivity index (χ0v) is 21.2. The number of carbonyl (C=O) groups excluding carboxylic acids is 1. The number of methoxy groups -OCH3 is 1. The second-order valence-electron chi connectivity index (χ2n) is 9.22. The van der Waals surface area contributed by atoms with Gasteiger partial charge in [-0.3, -0.25) is 14.4 Å². The van der Waals surface area contributed by atoms with E-state index in [0.717, 1.165) is 41.9 Å². The number of nitrogens with zero attached hydrogens (tertiary/aromatic N) is 4. The molecule has 6 nitrogen and oxygen atoms in total. The van der Waals surface area contributed by atoms with Crippen molar-refractivity contribution in [2.75, 3.05) is 20.7 Å². The van der Waals surface area contributed by atoms with E-state index in [2.05, 4.69) is 34.9 Å². The van der Waals surface area contributed by atoms with Gasteiger partial charge in [-0.05, 0) is 67.0 Å². The van der Waals surface area contributed by atoms with Gasteiger partial charge >= 0.3 is 0 Å². The third-order valence-electron chi connectivity index (χ3n) is 6.64. The minimum atomic E-state index is -0.971. The number of halogens is 1. The van der Waals surface area contributed by atoms with Gasteiger partial charge in [0, 0.05) is 17.8 Å². The average Bonchev–Trinajstić information content (AvgIpc) is 3.35. The maximum absolute atomic E-state index is 15.5. The molecule has 0 radical (unpaired) electrons. The van der Waals surface area contributed by atoms with Gasteiger partial charge in [0.15, 0.2) is 0 Å². The lowest BCUT2D eigenvalue weighted by Crippen LogP contribution is -2.21. The van der Waals surface area contributed by atoms with Crippen LogP contribution in [0.3, 0.4) is 0 Å². The number of fused-ring (bicyclic) bond motifs is 1. The first kappa shape index (κ1) is 24.6. The van der Waals surface area contributed by atoms with Gasteiger partial charge in [-0.2, -0.15) is 0 Å². The van der Waals surface area contributed by atoms with Crippen molar-refractivity contribution in [3.63, 3.8) is 0 Å². The lowest BCUT2D eigenvalue weighted by Gasteiger charge is -2.20. The van der Waals surface area contributed by atoms with Crippen LogP contribution in [0, 0.1) is 5.82 Å². The first-order valence-corrected chi connectivity index (χ1v) is 12.4. The Morgan fingerprint density at radius 1 is 1.08 bits per heavy atom. The molecule has 1 unspecified atom stereocenters. The van der Waals surface area contributed by atoms with Crippen LogP contribution in [-0.4, -0.2) is 47.2 Å². The van der Waals surface area contributed by atoms with E-state index in [1.165, 1.54) is 6.07 Å². The van der Waals surface area contributed by atoms with E-state index in [0.29, 0.717) is 17.1 Å². The standard InChI is InChI=1S/C30H29FN4O2/c1-4-15-34(2)18-21-7-5-6-8-24(21)20-9-14-25(26(31)16-20)28-30(36)29-27(17-32-28)33-19-35(29)22-10-12-23(37-3)13-11-22/h5-14,16-17,19,28H,4,15,18H2,1-3H3. The molecule has 0 fully saturated rings. The monoisotopic (exact) mass is 496 g/mol. The lowest BCUT2D eigenvalue weighted by atomic mass is 9.93. The normalized spacial score (nSPS) is 14.7. The Balaban J connectivity index is 1.45. The maximum Gasteiger partial charge on any atom is 0.210 e. The number of hydrogen-bond acceptors (Lipinski definition) is 5. The van der Waals surface area contributed by atoms with Gasteiger partial charge in [0.1, 0.15) is 35.3 Å². The number of aliphatic imine (C=N–C) groups is 1. The second kappa shape index (κ2) is 10.5. The van der Waals surface area contributed by atoms with Crippen LogP contribution in [0.15, 0.2) is 78.0 Å². The summed E-state index contributed by atoms with van der Waals surface area (Å²) in [7, 11) is 3.68. The smallest absolute Gasteiger partial charge is 0.210 e. The Kier molecular flexibility index (Phi) is 6.97. The Hall–Kier alpha value is -4.10. The number of hydrogen-bond donors (Lipinski definition) is 0. The van der Waals surface area contributed by atoms with E-state index in [1.807, 2.05) is 48.5 Å². The van der Waals surface area contributed by atoms with E-state index in [4.69, 9.17) is 4.74 Å². The Bertz CT molecular complexity index is 1460. The highest BCUT2D eigenvalue weighted by Crippen LogP contribution is 2.33.